The zero-order valence-electron chi connectivity index (χ0n) is 12.1. The summed E-state index contributed by atoms with van der Waals surface area (Å²) >= 11 is 0. The van der Waals surface area contributed by atoms with Crippen LogP contribution >= 0.6 is 0 Å². The van der Waals surface area contributed by atoms with Crippen molar-refractivity contribution in [1.82, 2.24) is 4.90 Å². The van der Waals surface area contributed by atoms with Gasteiger partial charge in [-0.3, -0.25) is 4.79 Å². The highest BCUT2D eigenvalue weighted by atomic mass is 16.2. The first kappa shape index (κ1) is 16.5. The lowest BCUT2D eigenvalue weighted by Crippen LogP contribution is -2.32. The third-order valence-corrected chi connectivity index (χ3v) is 3.16. The lowest BCUT2D eigenvalue weighted by atomic mass is 10.2. The highest BCUT2D eigenvalue weighted by Crippen LogP contribution is 2.06. The molecule has 0 aromatic rings. The van der Waals surface area contributed by atoms with Crippen molar-refractivity contribution < 1.29 is 4.79 Å². The first-order chi connectivity index (χ1) is 8.26. The van der Waals surface area contributed by atoms with Crippen molar-refractivity contribution in [3.05, 3.63) is 0 Å². The maximum Gasteiger partial charge on any atom is 0.222 e. The molecule has 0 atom stereocenters. The average molecular weight is 241 g/mol. The van der Waals surface area contributed by atoms with Crippen LogP contribution in [0.1, 0.15) is 78.6 Å². The zero-order valence-corrected chi connectivity index (χ0v) is 12.1. The summed E-state index contributed by atoms with van der Waals surface area (Å²) in [5.41, 5.74) is 0. The minimum absolute atomic E-state index is 0.374. The highest BCUT2D eigenvalue weighted by Gasteiger charge is 2.11. The molecule has 0 aromatic carbocycles. The first-order valence-corrected chi connectivity index (χ1v) is 7.54. The molecule has 0 fully saturated rings. The molecule has 0 bridgehead atoms. The van der Waals surface area contributed by atoms with E-state index in [2.05, 4.69) is 25.7 Å². The lowest BCUT2D eigenvalue weighted by molar-refractivity contribution is -0.131. The molecule has 0 saturated heterocycles. The van der Waals surface area contributed by atoms with Crippen molar-refractivity contribution >= 4 is 5.91 Å². The summed E-state index contributed by atoms with van der Waals surface area (Å²) in [6, 6.07) is 0. The molecule has 0 N–H and O–H groups in total. The van der Waals surface area contributed by atoms with Crippen LogP contribution < -0.4 is 0 Å². The monoisotopic (exact) mass is 241 g/mol. The number of hydrogen-bond donors (Lipinski definition) is 0. The number of carbonyl (C=O) groups excluding carboxylic acids is 1. The minimum atomic E-state index is 0.374. The number of nitrogens with zero attached hydrogens (tertiary/aromatic N) is 1. The van der Waals surface area contributed by atoms with E-state index < -0.39 is 0 Å². The van der Waals surface area contributed by atoms with Gasteiger partial charge in [0, 0.05) is 19.5 Å². The Hall–Kier alpha value is -0.530. The van der Waals surface area contributed by atoms with Crippen LogP contribution in [0.15, 0.2) is 0 Å². The maximum atomic E-state index is 12.0. The largest absolute Gasteiger partial charge is 0.343 e. The molecule has 0 aliphatic rings. The van der Waals surface area contributed by atoms with E-state index in [0.29, 0.717) is 5.91 Å². The molecule has 102 valence electrons. The predicted molar refractivity (Wildman–Crippen MR) is 75.2 cm³/mol. The molecule has 0 saturated carbocycles. The van der Waals surface area contributed by atoms with Crippen molar-refractivity contribution in [3.63, 3.8) is 0 Å². The van der Waals surface area contributed by atoms with Gasteiger partial charge in [-0.2, -0.15) is 0 Å². The summed E-state index contributed by atoms with van der Waals surface area (Å²) < 4.78 is 0. The second kappa shape index (κ2) is 11.9. The molecule has 0 unspecified atom stereocenters. The summed E-state index contributed by atoms with van der Waals surface area (Å²) in [7, 11) is 0. The second-order valence-electron chi connectivity index (χ2n) is 4.90. The Morgan fingerprint density at radius 3 is 1.65 bits per heavy atom. The Kier molecular flexibility index (Phi) is 11.6. The maximum absolute atomic E-state index is 12.0. The van der Waals surface area contributed by atoms with Crippen molar-refractivity contribution in [1.29, 1.82) is 0 Å². The summed E-state index contributed by atoms with van der Waals surface area (Å²) in [6.45, 7) is 8.51. The van der Waals surface area contributed by atoms with Crippen LogP contribution in [0, 0.1) is 0 Å². The molecule has 0 heterocycles. The number of hydrogen-bond acceptors (Lipinski definition) is 1. The Morgan fingerprint density at radius 1 is 0.765 bits per heavy atom. The Labute approximate surface area is 108 Å². The molecule has 0 aliphatic heterocycles. The molecule has 0 aromatic heterocycles. The topological polar surface area (TPSA) is 20.3 Å². The third kappa shape index (κ3) is 9.20. The first-order valence-electron chi connectivity index (χ1n) is 7.54. The van der Waals surface area contributed by atoms with Crippen LogP contribution in [-0.2, 0) is 4.79 Å². The van der Waals surface area contributed by atoms with Gasteiger partial charge in [0.2, 0.25) is 5.91 Å². The fraction of sp³-hybridized carbons (Fsp3) is 0.933. The normalized spacial score (nSPS) is 10.5. The number of rotatable bonds is 11. The van der Waals surface area contributed by atoms with Gasteiger partial charge in [-0.1, -0.05) is 52.9 Å². The molecule has 0 rings (SSSR count). The molecule has 0 aliphatic carbocycles. The molecule has 2 nitrogen and oxygen atoms in total. The third-order valence-electron chi connectivity index (χ3n) is 3.16. The number of carbonyl (C=O) groups is 1. The Morgan fingerprint density at radius 2 is 1.24 bits per heavy atom. The van der Waals surface area contributed by atoms with Gasteiger partial charge in [0.05, 0.1) is 0 Å². The van der Waals surface area contributed by atoms with Gasteiger partial charge < -0.3 is 4.90 Å². The Bertz CT molecular complexity index is 170. The van der Waals surface area contributed by atoms with Crippen LogP contribution in [0.4, 0.5) is 0 Å². The predicted octanol–water partition coefficient (Wildman–Crippen LogP) is 4.39. The fourth-order valence-electron chi connectivity index (χ4n) is 1.95. The van der Waals surface area contributed by atoms with E-state index in [9.17, 15) is 4.79 Å². The van der Waals surface area contributed by atoms with E-state index in [4.69, 9.17) is 0 Å². The van der Waals surface area contributed by atoms with Gasteiger partial charge in [0.15, 0.2) is 0 Å². The van der Waals surface area contributed by atoms with E-state index in [1.807, 2.05) is 0 Å². The van der Waals surface area contributed by atoms with Crippen molar-refractivity contribution in [2.24, 2.45) is 0 Å². The van der Waals surface area contributed by atoms with E-state index in [1.54, 1.807) is 0 Å². The van der Waals surface area contributed by atoms with E-state index in [0.717, 1.165) is 32.4 Å². The van der Waals surface area contributed by atoms with Gasteiger partial charge in [-0.15, -0.1) is 0 Å². The fourth-order valence-corrected chi connectivity index (χ4v) is 1.95. The van der Waals surface area contributed by atoms with Crippen molar-refractivity contribution in [2.75, 3.05) is 13.1 Å². The smallest absolute Gasteiger partial charge is 0.222 e. The van der Waals surface area contributed by atoms with Crippen LogP contribution in [0.3, 0.4) is 0 Å². The van der Waals surface area contributed by atoms with Gasteiger partial charge in [0.1, 0.15) is 0 Å². The molecular weight excluding hydrogens is 210 g/mol. The summed E-state index contributed by atoms with van der Waals surface area (Å²) in [4.78, 5) is 14.1. The van der Waals surface area contributed by atoms with Crippen LogP contribution in [-0.4, -0.2) is 23.9 Å². The molecular formula is C15H31NO. The van der Waals surface area contributed by atoms with Gasteiger partial charge in [-0.05, 0) is 19.3 Å². The van der Waals surface area contributed by atoms with E-state index in [1.165, 1.54) is 38.5 Å². The van der Waals surface area contributed by atoms with Crippen molar-refractivity contribution in [3.8, 4) is 0 Å². The zero-order chi connectivity index (χ0) is 12.9. The lowest BCUT2D eigenvalue weighted by Gasteiger charge is -2.22. The van der Waals surface area contributed by atoms with Gasteiger partial charge in [-0.25, -0.2) is 0 Å². The van der Waals surface area contributed by atoms with Crippen LogP contribution in [0.25, 0.3) is 0 Å². The molecule has 1 amide bonds. The Balaban J connectivity index is 3.94. The van der Waals surface area contributed by atoms with E-state index >= 15 is 0 Å². The number of unbranched alkanes of at least 4 members (excludes halogenated alkanes) is 5. The summed E-state index contributed by atoms with van der Waals surface area (Å²) in [5.74, 6) is 0.374. The molecule has 0 radical (unpaired) electrons. The number of amides is 1. The quantitative estimate of drug-likeness (QED) is 0.491. The summed E-state index contributed by atoms with van der Waals surface area (Å²) in [5, 5.41) is 0. The van der Waals surface area contributed by atoms with Crippen LogP contribution in [0.2, 0.25) is 0 Å². The van der Waals surface area contributed by atoms with E-state index in [-0.39, 0.29) is 0 Å². The molecule has 17 heavy (non-hydrogen) atoms. The average Bonchev–Trinajstić information content (AvgIpc) is 2.34. The molecule has 0 spiro atoms. The summed E-state index contributed by atoms with van der Waals surface area (Å²) in [6.07, 6.45) is 10.2. The van der Waals surface area contributed by atoms with Gasteiger partial charge >= 0.3 is 0 Å². The van der Waals surface area contributed by atoms with Gasteiger partial charge in [0.25, 0.3) is 0 Å². The minimum Gasteiger partial charge on any atom is -0.343 e. The van der Waals surface area contributed by atoms with Crippen LogP contribution in [0.5, 0.6) is 0 Å². The highest BCUT2D eigenvalue weighted by molar-refractivity contribution is 5.76. The SMILES string of the molecule is CCCCCN(CCCCC)C(=O)CCCC. The standard InChI is InChI=1S/C15H31NO/c1-4-7-10-13-16(14-11-8-5-2)15(17)12-9-6-3/h4-14H2,1-3H3. The van der Waals surface area contributed by atoms with Crippen molar-refractivity contribution in [2.45, 2.75) is 78.6 Å². The second-order valence-corrected chi connectivity index (χ2v) is 4.90. The molecule has 2 heteroatoms.